The third kappa shape index (κ3) is 3.46. The maximum Gasteiger partial charge on any atom is 0.238 e. The van der Waals surface area contributed by atoms with E-state index in [1.807, 2.05) is 0 Å². The fourth-order valence-electron chi connectivity index (χ4n) is 3.18. The van der Waals surface area contributed by atoms with Gasteiger partial charge in [-0.15, -0.1) is 11.7 Å². The number of benzene rings is 2. The highest BCUT2D eigenvalue weighted by molar-refractivity contribution is 7.94. The molecule has 0 bridgehead atoms. The van der Waals surface area contributed by atoms with Crippen LogP contribution in [0.1, 0.15) is 24.8 Å². The summed E-state index contributed by atoms with van der Waals surface area (Å²) in [7, 11) is -3.82. The number of rotatable bonds is 7. The molecule has 4 rings (SSSR count). The molecule has 10 heteroatoms. The summed E-state index contributed by atoms with van der Waals surface area (Å²) in [4.78, 5) is 0. The Kier molecular flexibility index (Phi) is 4.78. The molecule has 0 atom stereocenters. The van der Waals surface area contributed by atoms with Crippen molar-refractivity contribution in [3.8, 4) is 0 Å². The first-order chi connectivity index (χ1) is 13.8. The van der Waals surface area contributed by atoms with Gasteiger partial charge in [0.05, 0.1) is 20.8 Å². The van der Waals surface area contributed by atoms with Crippen LogP contribution in [-0.4, -0.2) is 22.8 Å². The number of allylic oxidation sites excluding steroid dienone is 1. The minimum absolute atomic E-state index is 0.0137. The maximum atomic E-state index is 15.2. The average Bonchev–Trinajstić information content (AvgIpc) is 3.30. The average molecular weight is 437 g/mol. The smallest absolute Gasteiger partial charge is 0.238 e. The standard InChI is InChI=1S/C19H18F2N4O2S2/c1-3-6-19(7-8-19)29(26,27)24-14-10-15-18(23-25-28-15)16(21)17(14)22-13-5-4-11(2)9-12(13)20/h3-5,9-10,22,24H,1,6-8H2,2H3. The summed E-state index contributed by atoms with van der Waals surface area (Å²) in [6.07, 6.45) is 2.85. The number of nitrogens with zero attached hydrogens (tertiary/aromatic N) is 2. The van der Waals surface area contributed by atoms with Crippen LogP contribution in [0.4, 0.5) is 25.8 Å². The molecule has 29 heavy (non-hydrogen) atoms. The molecular formula is C19H18F2N4O2S2. The number of aromatic nitrogens is 2. The summed E-state index contributed by atoms with van der Waals surface area (Å²) < 4.78 is 61.1. The van der Waals surface area contributed by atoms with Crippen molar-refractivity contribution in [3.05, 3.63) is 54.1 Å². The Morgan fingerprint density at radius 3 is 2.69 bits per heavy atom. The van der Waals surface area contributed by atoms with Crippen molar-refractivity contribution in [2.45, 2.75) is 30.9 Å². The molecule has 0 unspecified atom stereocenters. The molecule has 2 aromatic carbocycles. The zero-order valence-electron chi connectivity index (χ0n) is 15.5. The van der Waals surface area contributed by atoms with Crippen molar-refractivity contribution in [3.63, 3.8) is 0 Å². The summed E-state index contributed by atoms with van der Waals surface area (Å²) in [6, 6.07) is 5.89. The van der Waals surface area contributed by atoms with Crippen LogP contribution in [0.3, 0.4) is 0 Å². The highest BCUT2D eigenvalue weighted by Gasteiger charge is 2.53. The third-order valence-corrected chi connectivity index (χ3v) is 7.88. The van der Waals surface area contributed by atoms with E-state index in [4.69, 9.17) is 0 Å². The summed E-state index contributed by atoms with van der Waals surface area (Å²) in [6.45, 7) is 5.35. The Labute approximate surface area is 170 Å². The second kappa shape index (κ2) is 7.03. The van der Waals surface area contributed by atoms with Crippen LogP contribution in [0.25, 0.3) is 10.2 Å². The Balaban J connectivity index is 1.80. The van der Waals surface area contributed by atoms with E-state index in [1.165, 1.54) is 18.2 Å². The van der Waals surface area contributed by atoms with Gasteiger partial charge in [0.1, 0.15) is 17.0 Å². The zero-order chi connectivity index (χ0) is 20.8. The highest BCUT2D eigenvalue weighted by Crippen LogP contribution is 2.48. The van der Waals surface area contributed by atoms with E-state index in [-0.39, 0.29) is 22.6 Å². The Bertz CT molecular complexity index is 1220. The predicted molar refractivity (Wildman–Crippen MR) is 111 cm³/mol. The van der Waals surface area contributed by atoms with Crippen molar-refractivity contribution in [2.24, 2.45) is 0 Å². The van der Waals surface area contributed by atoms with Crippen LogP contribution < -0.4 is 10.0 Å². The highest BCUT2D eigenvalue weighted by atomic mass is 32.2. The summed E-state index contributed by atoms with van der Waals surface area (Å²) in [5.74, 6) is -1.39. The van der Waals surface area contributed by atoms with E-state index in [1.54, 1.807) is 19.1 Å². The van der Waals surface area contributed by atoms with Gasteiger partial charge in [0.2, 0.25) is 10.0 Å². The van der Waals surface area contributed by atoms with Crippen LogP contribution in [0.2, 0.25) is 0 Å². The molecule has 0 radical (unpaired) electrons. The van der Waals surface area contributed by atoms with Crippen LogP contribution in [-0.2, 0) is 10.0 Å². The molecule has 1 aromatic heterocycles. The van der Waals surface area contributed by atoms with Crippen LogP contribution in [0.15, 0.2) is 36.9 Å². The summed E-state index contributed by atoms with van der Waals surface area (Å²) >= 11 is 0.941. The summed E-state index contributed by atoms with van der Waals surface area (Å²) in [5.41, 5.74) is 0.487. The second-order valence-corrected chi connectivity index (χ2v) is 9.99. The molecule has 0 amide bonds. The SMILES string of the molecule is C=CCC1(S(=O)(=O)Nc2cc3snnc3c(F)c2Nc2ccc(C)cc2F)CC1. The second-order valence-electron chi connectivity index (χ2n) is 7.12. The van der Waals surface area contributed by atoms with Crippen LogP contribution in [0.5, 0.6) is 0 Å². The number of aryl methyl sites for hydroxylation is 1. The predicted octanol–water partition coefficient (Wildman–Crippen LogP) is 4.87. The molecule has 0 saturated heterocycles. The topological polar surface area (TPSA) is 84.0 Å². The van der Waals surface area contributed by atoms with Crippen molar-refractivity contribution >= 4 is 48.8 Å². The minimum Gasteiger partial charge on any atom is -0.349 e. The van der Waals surface area contributed by atoms with E-state index in [0.717, 1.165) is 11.5 Å². The van der Waals surface area contributed by atoms with Crippen LogP contribution in [0, 0.1) is 18.6 Å². The minimum atomic E-state index is -3.82. The first kappa shape index (κ1) is 19.7. The lowest BCUT2D eigenvalue weighted by atomic mass is 10.2. The first-order valence-electron chi connectivity index (χ1n) is 8.87. The van der Waals surface area contributed by atoms with Gasteiger partial charge in [-0.1, -0.05) is 16.6 Å². The number of anilines is 3. The number of hydrogen-bond acceptors (Lipinski definition) is 6. The largest absolute Gasteiger partial charge is 0.349 e. The lowest BCUT2D eigenvalue weighted by Gasteiger charge is -2.19. The third-order valence-electron chi connectivity index (χ3n) is 5.01. The van der Waals surface area contributed by atoms with Crippen molar-refractivity contribution in [1.82, 2.24) is 9.59 Å². The molecule has 1 fully saturated rings. The zero-order valence-corrected chi connectivity index (χ0v) is 17.1. The molecule has 2 N–H and O–H groups in total. The van der Waals surface area contributed by atoms with Gasteiger partial charge in [-0.25, -0.2) is 17.2 Å². The van der Waals surface area contributed by atoms with Gasteiger partial charge in [-0.3, -0.25) is 4.72 Å². The number of fused-ring (bicyclic) bond motifs is 1. The van der Waals surface area contributed by atoms with Crippen molar-refractivity contribution in [1.29, 1.82) is 0 Å². The molecular weight excluding hydrogens is 418 g/mol. The molecule has 1 heterocycles. The van der Waals surface area contributed by atoms with E-state index in [0.29, 0.717) is 29.5 Å². The van der Waals surface area contributed by atoms with Gasteiger partial charge in [-0.05, 0) is 61.5 Å². The molecule has 152 valence electrons. The lowest BCUT2D eigenvalue weighted by Crippen LogP contribution is -2.29. The lowest BCUT2D eigenvalue weighted by molar-refractivity contribution is 0.582. The van der Waals surface area contributed by atoms with Gasteiger partial charge >= 0.3 is 0 Å². The maximum absolute atomic E-state index is 15.2. The first-order valence-corrected chi connectivity index (χ1v) is 11.1. The normalized spacial score (nSPS) is 15.3. The monoisotopic (exact) mass is 436 g/mol. The number of nitrogens with one attached hydrogen (secondary N) is 2. The Hall–Kier alpha value is -2.59. The number of sulfonamides is 1. The molecule has 0 aliphatic heterocycles. The van der Waals surface area contributed by atoms with Crippen molar-refractivity contribution < 1.29 is 17.2 Å². The van der Waals surface area contributed by atoms with Gasteiger partial charge in [-0.2, -0.15) is 0 Å². The molecule has 1 aliphatic carbocycles. The fourth-order valence-corrected chi connectivity index (χ4v) is 5.42. The summed E-state index contributed by atoms with van der Waals surface area (Å²) in [5, 5.41) is 6.44. The van der Waals surface area contributed by atoms with E-state index in [2.05, 4.69) is 26.2 Å². The van der Waals surface area contributed by atoms with Gasteiger partial charge in [0.15, 0.2) is 5.82 Å². The van der Waals surface area contributed by atoms with Crippen LogP contribution >= 0.6 is 11.5 Å². The fraction of sp³-hybridized carbons (Fsp3) is 0.263. The van der Waals surface area contributed by atoms with Gasteiger partial charge in [0.25, 0.3) is 0 Å². The van der Waals surface area contributed by atoms with E-state index in [9.17, 15) is 12.8 Å². The van der Waals surface area contributed by atoms with Crippen molar-refractivity contribution in [2.75, 3.05) is 10.0 Å². The van der Waals surface area contributed by atoms with Gasteiger partial charge in [0, 0.05) is 0 Å². The molecule has 1 saturated carbocycles. The molecule has 6 nitrogen and oxygen atoms in total. The van der Waals surface area contributed by atoms with Gasteiger partial charge < -0.3 is 5.32 Å². The quantitative estimate of drug-likeness (QED) is 0.516. The molecule has 0 spiro atoms. The number of hydrogen-bond donors (Lipinski definition) is 2. The number of halogens is 2. The Morgan fingerprint density at radius 2 is 2.03 bits per heavy atom. The Morgan fingerprint density at radius 1 is 1.28 bits per heavy atom. The molecule has 1 aliphatic rings. The van der Waals surface area contributed by atoms with E-state index < -0.39 is 26.4 Å². The van der Waals surface area contributed by atoms with E-state index >= 15 is 4.39 Å². The molecule has 3 aromatic rings.